The maximum atomic E-state index is 11.3. The molecule has 0 saturated heterocycles. The second kappa shape index (κ2) is 5.35. The van der Waals surface area contributed by atoms with Crippen LogP contribution in [0.5, 0.6) is 0 Å². The van der Waals surface area contributed by atoms with E-state index >= 15 is 0 Å². The monoisotopic (exact) mass is 278 g/mol. The summed E-state index contributed by atoms with van der Waals surface area (Å²) in [6.45, 7) is 2.09. The molecule has 1 aromatic carbocycles. The Bertz CT molecular complexity index is 243. The van der Waals surface area contributed by atoms with Crippen LogP contribution in [0.3, 0.4) is 0 Å². The number of hydrogen-bond acceptors (Lipinski definition) is 1. The van der Waals surface area contributed by atoms with Crippen molar-refractivity contribution in [2.24, 2.45) is 0 Å². The average molecular weight is 276 g/mol. The fourth-order valence-corrected chi connectivity index (χ4v) is 2.66. The van der Waals surface area contributed by atoms with Crippen molar-refractivity contribution in [2.45, 2.75) is 17.8 Å². The first kappa shape index (κ1) is 9.77. The first-order valence-electron chi connectivity index (χ1n) is 4.02. The van der Waals surface area contributed by atoms with Gasteiger partial charge in [0.25, 0.3) is 0 Å². The van der Waals surface area contributed by atoms with Gasteiger partial charge in [0, 0.05) is 0 Å². The molecule has 0 aromatic heterocycles. The van der Waals surface area contributed by atoms with E-state index in [1.54, 1.807) is 0 Å². The molecule has 1 aromatic rings. The van der Waals surface area contributed by atoms with Crippen molar-refractivity contribution in [2.75, 3.05) is 0 Å². The van der Waals surface area contributed by atoms with E-state index in [4.69, 9.17) is 0 Å². The quantitative estimate of drug-likeness (QED) is 0.767. The number of carbonyl (C=O) groups excluding carboxylic acids is 1. The molecule has 0 aliphatic rings. The van der Waals surface area contributed by atoms with Gasteiger partial charge in [0.2, 0.25) is 0 Å². The Morgan fingerprint density at radius 2 is 2.00 bits per heavy atom. The van der Waals surface area contributed by atoms with Crippen molar-refractivity contribution in [1.29, 1.82) is 0 Å². The molecule has 12 heavy (non-hydrogen) atoms. The molecule has 1 rings (SSSR count). The van der Waals surface area contributed by atoms with Crippen molar-refractivity contribution >= 4 is 24.8 Å². The molecule has 0 fully saturated rings. The normalized spacial score (nSPS) is 9.75. The van der Waals surface area contributed by atoms with Gasteiger partial charge in [-0.25, -0.2) is 0 Å². The third-order valence-electron chi connectivity index (χ3n) is 1.50. The summed E-state index contributed by atoms with van der Waals surface area (Å²) in [7, 11) is 0. The number of benzene rings is 1. The van der Waals surface area contributed by atoms with Crippen LogP contribution in [-0.4, -0.2) is 24.8 Å². The van der Waals surface area contributed by atoms with Gasteiger partial charge in [0.15, 0.2) is 0 Å². The maximum absolute atomic E-state index is 11.3. The van der Waals surface area contributed by atoms with Crippen LogP contribution in [0, 0.1) is 0 Å². The molecule has 0 aliphatic carbocycles. The van der Waals surface area contributed by atoms with E-state index in [9.17, 15) is 4.79 Å². The molecule has 0 spiro atoms. The first-order valence-corrected chi connectivity index (χ1v) is 6.83. The van der Waals surface area contributed by atoms with E-state index in [-0.39, 0.29) is 20.9 Å². The van der Waals surface area contributed by atoms with E-state index in [0.717, 1.165) is 10.0 Å². The van der Waals surface area contributed by atoms with Gasteiger partial charge in [0.05, 0.1) is 0 Å². The Balaban J connectivity index is 2.47. The van der Waals surface area contributed by atoms with Crippen LogP contribution in [0.15, 0.2) is 30.3 Å². The van der Waals surface area contributed by atoms with E-state index in [2.05, 4.69) is 6.92 Å². The average Bonchev–Trinajstić information content (AvgIpc) is 2.06. The van der Waals surface area contributed by atoms with Crippen molar-refractivity contribution in [3.8, 4) is 0 Å². The van der Waals surface area contributed by atoms with Crippen LogP contribution in [0.1, 0.15) is 12.5 Å². The van der Waals surface area contributed by atoms with Gasteiger partial charge in [-0.2, -0.15) is 0 Å². The molecule has 0 N–H and O–H groups in total. The second-order valence-electron chi connectivity index (χ2n) is 2.47. The zero-order valence-electron chi connectivity index (χ0n) is 7.12. The molecule has 0 bridgehead atoms. The molecule has 0 saturated carbocycles. The van der Waals surface area contributed by atoms with E-state index < -0.39 is 0 Å². The van der Waals surface area contributed by atoms with Gasteiger partial charge >= 0.3 is 83.3 Å². The Morgan fingerprint density at radius 3 is 2.58 bits per heavy atom. The molecule has 64 valence electrons. The predicted octanol–water partition coefficient (Wildman–Crippen LogP) is 1.90. The van der Waals surface area contributed by atoms with E-state index in [1.807, 2.05) is 30.3 Å². The summed E-state index contributed by atoms with van der Waals surface area (Å²) < 4.78 is 1.55. The summed E-state index contributed by atoms with van der Waals surface area (Å²) in [5, 5.41) is 0. The fourth-order valence-electron chi connectivity index (χ4n) is 0.975. The SMILES string of the molecule is CC[Te]C(=O)Cc1ccccc1. The third kappa shape index (κ3) is 3.38. The molecule has 2 heteroatoms. The van der Waals surface area contributed by atoms with Gasteiger partial charge in [-0.15, -0.1) is 0 Å². The zero-order valence-corrected chi connectivity index (χ0v) is 9.45. The summed E-state index contributed by atoms with van der Waals surface area (Å²) in [6.07, 6.45) is 0.650. The van der Waals surface area contributed by atoms with Gasteiger partial charge in [-0.3, -0.25) is 0 Å². The van der Waals surface area contributed by atoms with Crippen molar-refractivity contribution in [3.63, 3.8) is 0 Å². The topological polar surface area (TPSA) is 17.1 Å². The summed E-state index contributed by atoms with van der Waals surface area (Å²) in [6, 6.07) is 9.97. The number of hydrogen-bond donors (Lipinski definition) is 0. The third-order valence-corrected chi connectivity index (χ3v) is 3.65. The molecule has 0 heterocycles. The molecule has 0 aliphatic heterocycles. The van der Waals surface area contributed by atoms with Crippen molar-refractivity contribution < 1.29 is 4.79 Å². The van der Waals surface area contributed by atoms with Gasteiger partial charge < -0.3 is 0 Å². The molecule has 0 atom stereocenters. The van der Waals surface area contributed by atoms with Crippen LogP contribution < -0.4 is 0 Å². The number of rotatable bonds is 4. The van der Waals surface area contributed by atoms with Gasteiger partial charge in [-0.1, -0.05) is 0 Å². The predicted molar refractivity (Wildman–Crippen MR) is 51.4 cm³/mol. The van der Waals surface area contributed by atoms with E-state index in [0.29, 0.717) is 10.3 Å². The van der Waals surface area contributed by atoms with Crippen LogP contribution >= 0.6 is 0 Å². The molecular weight excluding hydrogens is 264 g/mol. The molecular formula is C10H12OTe. The van der Waals surface area contributed by atoms with Crippen LogP contribution in [-0.2, 0) is 11.2 Å². The molecule has 0 unspecified atom stereocenters. The molecule has 0 radical (unpaired) electrons. The van der Waals surface area contributed by atoms with Crippen LogP contribution in [0.4, 0.5) is 0 Å². The Hall–Kier alpha value is -0.320. The van der Waals surface area contributed by atoms with Crippen molar-refractivity contribution in [1.82, 2.24) is 0 Å². The van der Waals surface area contributed by atoms with Gasteiger partial charge in [-0.05, 0) is 0 Å². The minimum absolute atomic E-state index is 0.364. The summed E-state index contributed by atoms with van der Waals surface area (Å²) in [5.41, 5.74) is 1.15. The Labute approximate surface area is 83.3 Å². The Kier molecular flexibility index (Phi) is 4.35. The first-order chi connectivity index (χ1) is 5.83. The molecule has 1 nitrogen and oxygen atoms in total. The van der Waals surface area contributed by atoms with Crippen molar-refractivity contribution in [3.05, 3.63) is 35.9 Å². The van der Waals surface area contributed by atoms with Crippen LogP contribution in [0.25, 0.3) is 0 Å². The van der Waals surface area contributed by atoms with Crippen LogP contribution in [0.2, 0.25) is 4.47 Å². The second-order valence-corrected chi connectivity index (χ2v) is 6.24. The van der Waals surface area contributed by atoms with E-state index in [1.165, 1.54) is 0 Å². The number of carbonyl (C=O) groups is 1. The summed E-state index contributed by atoms with van der Waals surface area (Å²) in [4.78, 5) is 11.3. The standard InChI is InChI=1S/C10H12OTe/c1-2-12-10(11)8-9-6-4-3-5-7-9/h3-7H,2,8H2,1H3. The van der Waals surface area contributed by atoms with Gasteiger partial charge in [0.1, 0.15) is 0 Å². The Morgan fingerprint density at radius 1 is 1.33 bits per heavy atom. The fraction of sp³-hybridized carbons (Fsp3) is 0.300. The molecule has 0 amide bonds. The summed E-state index contributed by atoms with van der Waals surface area (Å²) in [5.74, 6) is 0. The zero-order chi connectivity index (χ0) is 8.81. The minimum atomic E-state index is -0.364. The summed E-state index contributed by atoms with van der Waals surface area (Å²) >= 11 is -0.364.